The quantitative estimate of drug-likeness (QED) is 0.494. The van der Waals surface area contributed by atoms with E-state index in [0.29, 0.717) is 33.6 Å². The first kappa shape index (κ1) is 19.6. The Labute approximate surface area is 174 Å². The van der Waals surface area contributed by atoms with Crippen molar-refractivity contribution in [3.05, 3.63) is 70.3 Å². The Morgan fingerprint density at radius 2 is 2.00 bits per heavy atom. The van der Waals surface area contributed by atoms with Gasteiger partial charge >= 0.3 is 0 Å². The molecule has 4 rings (SSSR count). The van der Waals surface area contributed by atoms with Crippen LogP contribution in [-0.4, -0.2) is 31.6 Å². The smallest absolute Gasteiger partial charge is 0.268 e. The van der Waals surface area contributed by atoms with Gasteiger partial charge in [0.2, 0.25) is 0 Å². The van der Waals surface area contributed by atoms with Crippen LogP contribution in [0.1, 0.15) is 45.2 Å². The van der Waals surface area contributed by atoms with E-state index in [1.54, 1.807) is 34.6 Å². The van der Waals surface area contributed by atoms with E-state index < -0.39 is 5.91 Å². The first-order valence-corrected chi connectivity index (χ1v) is 9.99. The van der Waals surface area contributed by atoms with Crippen LogP contribution < -0.4 is 11.1 Å². The molecule has 3 N–H and O–H groups in total. The van der Waals surface area contributed by atoms with Gasteiger partial charge in [0.1, 0.15) is 16.5 Å². The average molecular weight is 424 g/mol. The number of fused-ring (bicyclic) bond motifs is 1. The molecule has 0 saturated heterocycles. The topological polar surface area (TPSA) is 116 Å². The second-order valence-corrected chi connectivity index (χ2v) is 7.41. The molecule has 2 amide bonds. The highest BCUT2D eigenvalue weighted by Gasteiger charge is 2.21. The molecule has 0 radical (unpaired) electrons. The molecule has 152 valence electrons. The molecule has 0 spiro atoms. The monoisotopic (exact) mass is 424 g/mol. The SMILES string of the molecule is CC[C@H](NC(=O)c1cncc2c1cnn2-c1ccc(F)cc1)c1nc(C(N)=O)cs1. The number of carbonyl (C=O) groups is 2. The molecule has 10 heteroatoms. The van der Waals surface area contributed by atoms with Crippen LogP contribution >= 0.6 is 11.3 Å². The van der Waals surface area contributed by atoms with E-state index in [-0.39, 0.29) is 23.5 Å². The third kappa shape index (κ3) is 3.64. The molecule has 30 heavy (non-hydrogen) atoms. The minimum Gasteiger partial charge on any atom is -0.364 e. The summed E-state index contributed by atoms with van der Waals surface area (Å²) in [5, 5.41) is 10.0. The number of nitrogens with two attached hydrogens (primary N) is 1. The number of nitrogens with zero attached hydrogens (tertiary/aromatic N) is 4. The van der Waals surface area contributed by atoms with Crippen LogP contribution in [0.4, 0.5) is 4.39 Å². The van der Waals surface area contributed by atoms with Gasteiger partial charge in [0.25, 0.3) is 11.8 Å². The van der Waals surface area contributed by atoms with Gasteiger partial charge in [-0.05, 0) is 30.7 Å². The van der Waals surface area contributed by atoms with E-state index in [2.05, 4.69) is 20.4 Å². The minimum absolute atomic E-state index is 0.173. The number of hydrogen-bond donors (Lipinski definition) is 2. The molecule has 0 bridgehead atoms. The zero-order valence-corrected chi connectivity index (χ0v) is 16.7. The van der Waals surface area contributed by atoms with Crippen molar-refractivity contribution in [2.45, 2.75) is 19.4 Å². The van der Waals surface area contributed by atoms with Crippen LogP contribution in [0.25, 0.3) is 16.6 Å². The fraction of sp³-hybridized carbons (Fsp3) is 0.150. The Kier molecular flexibility index (Phi) is 5.23. The van der Waals surface area contributed by atoms with Crippen molar-refractivity contribution < 1.29 is 14.0 Å². The van der Waals surface area contributed by atoms with Gasteiger partial charge in [-0.2, -0.15) is 5.10 Å². The summed E-state index contributed by atoms with van der Waals surface area (Å²) < 4.78 is 14.8. The molecule has 1 aromatic carbocycles. The molecule has 3 aromatic heterocycles. The molecule has 3 heterocycles. The highest BCUT2D eigenvalue weighted by atomic mass is 32.1. The summed E-state index contributed by atoms with van der Waals surface area (Å²) >= 11 is 1.26. The Morgan fingerprint density at radius 3 is 2.67 bits per heavy atom. The van der Waals surface area contributed by atoms with Gasteiger partial charge < -0.3 is 11.1 Å². The number of thiazole rings is 1. The van der Waals surface area contributed by atoms with Gasteiger partial charge in [-0.1, -0.05) is 6.92 Å². The summed E-state index contributed by atoms with van der Waals surface area (Å²) in [6.07, 6.45) is 5.22. The first-order valence-electron chi connectivity index (χ1n) is 9.11. The van der Waals surface area contributed by atoms with Crippen molar-refractivity contribution in [3.63, 3.8) is 0 Å². The lowest BCUT2D eigenvalue weighted by molar-refractivity contribution is 0.0936. The Bertz CT molecular complexity index is 1230. The highest BCUT2D eigenvalue weighted by Crippen LogP contribution is 2.24. The Morgan fingerprint density at radius 1 is 1.23 bits per heavy atom. The summed E-state index contributed by atoms with van der Waals surface area (Å²) in [6.45, 7) is 1.90. The van der Waals surface area contributed by atoms with Crippen LogP contribution in [0.3, 0.4) is 0 Å². The molecule has 0 fully saturated rings. The van der Waals surface area contributed by atoms with E-state index in [9.17, 15) is 14.0 Å². The number of nitrogens with one attached hydrogen (secondary N) is 1. The lowest BCUT2D eigenvalue weighted by Gasteiger charge is -2.14. The molecule has 0 saturated carbocycles. The number of hydrogen-bond acceptors (Lipinski definition) is 6. The van der Waals surface area contributed by atoms with Crippen LogP contribution in [0.2, 0.25) is 0 Å². The number of carbonyl (C=O) groups excluding carboxylic acids is 2. The summed E-state index contributed by atoms with van der Waals surface area (Å²) in [5.41, 5.74) is 7.06. The summed E-state index contributed by atoms with van der Waals surface area (Å²) in [6, 6.07) is 5.50. The van der Waals surface area contributed by atoms with Crippen LogP contribution in [0.15, 0.2) is 48.2 Å². The van der Waals surface area contributed by atoms with Crippen LogP contribution in [0, 0.1) is 5.82 Å². The third-order valence-electron chi connectivity index (χ3n) is 4.60. The van der Waals surface area contributed by atoms with Crippen molar-refractivity contribution in [2.24, 2.45) is 5.73 Å². The second-order valence-electron chi connectivity index (χ2n) is 6.52. The molecular formula is C20H17FN6O2S. The van der Waals surface area contributed by atoms with Gasteiger partial charge in [-0.15, -0.1) is 11.3 Å². The van der Waals surface area contributed by atoms with Gasteiger partial charge in [0, 0.05) is 17.0 Å². The maximum atomic E-state index is 13.2. The highest BCUT2D eigenvalue weighted by molar-refractivity contribution is 7.09. The summed E-state index contributed by atoms with van der Waals surface area (Å²) in [5.74, 6) is -1.30. The maximum Gasteiger partial charge on any atom is 0.268 e. The summed E-state index contributed by atoms with van der Waals surface area (Å²) in [4.78, 5) is 32.7. The van der Waals surface area contributed by atoms with Crippen molar-refractivity contribution >= 4 is 34.1 Å². The van der Waals surface area contributed by atoms with Crippen molar-refractivity contribution in [2.75, 3.05) is 0 Å². The fourth-order valence-corrected chi connectivity index (χ4v) is 3.99. The molecule has 4 aromatic rings. The van der Waals surface area contributed by atoms with Gasteiger partial charge in [0.15, 0.2) is 0 Å². The second kappa shape index (κ2) is 7.99. The minimum atomic E-state index is -0.610. The number of primary amides is 1. The molecule has 0 aliphatic rings. The van der Waals surface area contributed by atoms with Crippen LogP contribution in [-0.2, 0) is 0 Å². The van der Waals surface area contributed by atoms with E-state index >= 15 is 0 Å². The largest absolute Gasteiger partial charge is 0.364 e. The molecule has 0 aliphatic heterocycles. The van der Waals surface area contributed by atoms with E-state index in [4.69, 9.17) is 5.73 Å². The van der Waals surface area contributed by atoms with Gasteiger partial charge in [-0.25, -0.2) is 14.1 Å². The van der Waals surface area contributed by atoms with Crippen molar-refractivity contribution in [1.29, 1.82) is 0 Å². The predicted octanol–water partition coefficient (Wildman–Crippen LogP) is 3.00. The van der Waals surface area contributed by atoms with Crippen molar-refractivity contribution in [1.82, 2.24) is 25.1 Å². The Balaban J connectivity index is 1.64. The molecule has 8 nitrogen and oxygen atoms in total. The van der Waals surface area contributed by atoms with E-state index in [1.165, 1.54) is 29.7 Å². The molecule has 0 unspecified atom stereocenters. The average Bonchev–Trinajstić information content (AvgIpc) is 3.40. The number of halogens is 1. The molecule has 0 aliphatic carbocycles. The van der Waals surface area contributed by atoms with E-state index in [1.807, 2.05) is 6.92 Å². The van der Waals surface area contributed by atoms with Crippen LogP contribution in [0.5, 0.6) is 0 Å². The Hall–Kier alpha value is -3.66. The number of benzene rings is 1. The fourth-order valence-electron chi connectivity index (χ4n) is 3.05. The first-order chi connectivity index (χ1) is 14.5. The predicted molar refractivity (Wildman–Crippen MR) is 110 cm³/mol. The zero-order chi connectivity index (χ0) is 21.3. The lowest BCUT2D eigenvalue weighted by atomic mass is 10.1. The number of rotatable bonds is 6. The number of pyridine rings is 1. The number of aromatic nitrogens is 4. The standard InChI is InChI=1S/C20H17FN6O2S/c1-2-15(20-26-16(10-30-20)18(22)28)25-19(29)14-7-23-9-17-13(14)8-24-27(17)12-5-3-11(21)4-6-12/h3-10,15H,2H2,1H3,(H2,22,28)(H,25,29)/t15-/m0/s1. The third-order valence-corrected chi connectivity index (χ3v) is 5.56. The maximum absolute atomic E-state index is 13.2. The van der Waals surface area contributed by atoms with Gasteiger partial charge in [0.05, 0.1) is 35.2 Å². The lowest BCUT2D eigenvalue weighted by Crippen LogP contribution is -2.28. The van der Waals surface area contributed by atoms with Gasteiger partial charge in [-0.3, -0.25) is 14.6 Å². The van der Waals surface area contributed by atoms with E-state index in [0.717, 1.165) is 0 Å². The number of amides is 2. The molecular weight excluding hydrogens is 407 g/mol. The normalized spacial score (nSPS) is 12.1. The zero-order valence-electron chi connectivity index (χ0n) is 15.9. The summed E-state index contributed by atoms with van der Waals surface area (Å²) in [7, 11) is 0. The molecule has 1 atom stereocenters. The van der Waals surface area contributed by atoms with Crippen molar-refractivity contribution in [3.8, 4) is 5.69 Å².